The van der Waals surface area contributed by atoms with Gasteiger partial charge in [0.25, 0.3) is 5.91 Å². The van der Waals surface area contributed by atoms with Crippen LogP contribution in [-0.2, 0) is 21.7 Å². The van der Waals surface area contributed by atoms with Gasteiger partial charge in [0.15, 0.2) is 0 Å². The average Bonchev–Trinajstić information content (AvgIpc) is 3.21. The van der Waals surface area contributed by atoms with Crippen molar-refractivity contribution in [3.05, 3.63) is 63.7 Å². The number of fused-ring (bicyclic) bond motifs is 4. The van der Waals surface area contributed by atoms with Crippen molar-refractivity contribution in [2.45, 2.75) is 26.1 Å². The van der Waals surface area contributed by atoms with Gasteiger partial charge in [-0.25, -0.2) is 0 Å². The van der Waals surface area contributed by atoms with Crippen molar-refractivity contribution in [3.8, 4) is 0 Å². The molecule has 2 N–H and O–H groups in total. The number of likely N-dealkylation sites (N-methyl/N-ethyl adjacent to an activating group) is 1. The fourth-order valence-electron chi connectivity index (χ4n) is 4.34. The first-order valence-electron chi connectivity index (χ1n) is 9.84. The van der Waals surface area contributed by atoms with E-state index in [1.165, 1.54) is 6.07 Å². The van der Waals surface area contributed by atoms with Gasteiger partial charge in [-0.2, -0.15) is 0 Å². The summed E-state index contributed by atoms with van der Waals surface area (Å²) in [5.41, 5.74) is 7.47. The van der Waals surface area contributed by atoms with Gasteiger partial charge in [0.2, 0.25) is 11.5 Å². The van der Waals surface area contributed by atoms with Crippen LogP contribution in [-0.4, -0.2) is 42.9 Å². The summed E-state index contributed by atoms with van der Waals surface area (Å²) < 4.78 is 6.18. The molecule has 7 heteroatoms. The van der Waals surface area contributed by atoms with Crippen LogP contribution in [0, 0.1) is 0 Å². The zero-order valence-corrected chi connectivity index (χ0v) is 17.3. The highest BCUT2D eigenvalue weighted by Gasteiger charge is 2.58. The predicted octanol–water partition coefficient (Wildman–Crippen LogP) is 2.90. The van der Waals surface area contributed by atoms with Crippen molar-refractivity contribution >= 4 is 29.1 Å². The lowest BCUT2D eigenvalue weighted by atomic mass is 9.86. The third-order valence-corrected chi connectivity index (χ3v) is 6.22. The molecule has 0 bridgehead atoms. The van der Waals surface area contributed by atoms with Crippen LogP contribution < -0.4 is 10.6 Å². The van der Waals surface area contributed by atoms with Crippen LogP contribution in [0.1, 0.15) is 40.9 Å². The van der Waals surface area contributed by atoms with E-state index in [4.69, 9.17) is 22.1 Å². The Balaban J connectivity index is 1.87. The molecule has 0 saturated carbocycles. The minimum absolute atomic E-state index is 0.173. The summed E-state index contributed by atoms with van der Waals surface area (Å²) in [7, 11) is 0. The highest BCUT2D eigenvalue weighted by atomic mass is 35.5. The molecule has 2 aliphatic rings. The minimum atomic E-state index is -1.28. The van der Waals surface area contributed by atoms with Gasteiger partial charge in [-0.15, -0.1) is 0 Å². The Labute approximate surface area is 175 Å². The molecule has 0 radical (unpaired) electrons. The summed E-state index contributed by atoms with van der Waals surface area (Å²) in [6.07, 6.45) is 0. The maximum Gasteiger partial charge on any atom is 0.268 e. The molecule has 152 valence electrons. The number of benzene rings is 2. The summed E-state index contributed by atoms with van der Waals surface area (Å²) in [6.45, 7) is 7.45. The number of rotatable bonds is 6. The van der Waals surface area contributed by atoms with Crippen LogP contribution in [0.3, 0.4) is 0 Å². The van der Waals surface area contributed by atoms with Crippen molar-refractivity contribution < 1.29 is 14.3 Å². The second kappa shape index (κ2) is 7.44. The highest BCUT2D eigenvalue weighted by molar-refractivity contribution is 6.34. The lowest BCUT2D eigenvalue weighted by Crippen LogP contribution is -2.44. The molecular formula is C22H24ClN3O3. The number of hydrogen-bond acceptors (Lipinski definition) is 4. The van der Waals surface area contributed by atoms with Gasteiger partial charge >= 0.3 is 0 Å². The number of nitrogens with zero attached hydrogens (tertiary/aromatic N) is 2. The SMILES string of the molecule is CCN(CC)CCN1C(=O)C2(OCc3ccccc32)c2c(Cl)cc(C(N)=O)cc21. The Morgan fingerprint density at radius 2 is 2.00 bits per heavy atom. The molecule has 2 aliphatic heterocycles. The van der Waals surface area contributed by atoms with E-state index < -0.39 is 11.5 Å². The summed E-state index contributed by atoms with van der Waals surface area (Å²) in [6, 6.07) is 10.9. The number of nitrogens with two attached hydrogens (primary N) is 1. The third kappa shape index (κ3) is 2.94. The molecule has 1 spiro atoms. The van der Waals surface area contributed by atoms with E-state index in [9.17, 15) is 9.59 Å². The Morgan fingerprint density at radius 3 is 2.69 bits per heavy atom. The number of halogens is 1. The van der Waals surface area contributed by atoms with Gasteiger partial charge in [-0.1, -0.05) is 49.7 Å². The van der Waals surface area contributed by atoms with Crippen LogP contribution in [0.15, 0.2) is 36.4 Å². The molecule has 0 saturated heterocycles. The highest BCUT2D eigenvalue weighted by Crippen LogP contribution is 2.54. The Kier molecular flexibility index (Phi) is 5.11. The molecule has 0 fully saturated rings. The van der Waals surface area contributed by atoms with Crippen LogP contribution in [0.4, 0.5) is 5.69 Å². The fourth-order valence-corrected chi connectivity index (χ4v) is 4.69. The van der Waals surface area contributed by atoms with Gasteiger partial charge in [-0.05, 0) is 30.8 Å². The van der Waals surface area contributed by atoms with Crippen molar-refractivity contribution in [1.82, 2.24) is 4.90 Å². The van der Waals surface area contributed by atoms with Crippen molar-refractivity contribution in [2.75, 3.05) is 31.1 Å². The van der Waals surface area contributed by atoms with Gasteiger partial charge in [0, 0.05) is 29.8 Å². The molecule has 0 aliphatic carbocycles. The number of anilines is 1. The normalized spacial score (nSPS) is 19.9. The summed E-state index contributed by atoms with van der Waals surface area (Å²) in [4.78, 5) is 29.5. The quantitative estimate of drug-likeness (QED) is 0.790. The topological polar surface area (TPSA) is 75.9 Å². The average molecular weight is 414 g/mol. The van der Waals surface area contributed by atoms with Crippen LogP contribution in [0.25, 0.3) is 0 Å². The lowest BCUT2D eigenvalue weighted by Gasteiger charge is -2.26. The summed E-state index contributed by atoms with van der Waals surface area (Å²) in [5, 5.41) is 0.312. The van der Waals surface area contributed by atoms with Gasteiger partial charge in [-0.3, -0.25) is 9.59 Å². The van der Waals surface area contributed by atoms with Gasteiger partial charge in [0.05, 0.1) is 17.3 Å². The first-order valence-corrected chi connectivity index (χ1v) is 10.2. The second-order valence-corrected chi connectivity index (χ2v) is 7.73. The number of carbonyl (C=O) groups excluding carboxylic acids is 2. The zero-order valence-electron chi connectivity index (χ0n) is 16.6. The van der Waals surface area contributed by atoms with Crippen molar-refractivity contribution in [3.63, 3.8) is 0 Å². The number of hydrogen-bond donors (Lipinski definition) is 1. The van der Waals surface area contributed by atoms with Crippen LogP contribution in [0.2, 0.25) is 5.02 Å². The Morgan fingerprint density at radius 1 is 1.28 bits per heavy atom. The molecule has 1 unspecified atom stereocenters. The monoisotopic (exact) mass is 413 g/mol. The maximum absolute atomic E-state index is 13.8. The smallest absolute Gasteiger partial charge is 0.268 e. The summed E-state index contributed by atoms with van der Waals surface area (Å²) >= 11 is 6.63. The molecule has 4 rings (SSSR count). The first-order chi connectivity index (χ1) is 13.9. The van der Waals surface area contributed by atoms with Gasteiger partial charge < -0.3 is 20.3 Å². The van der Waals surface area contributed by atoms with Crippen molar-refractivity contribution in [1.29, 1.82) is 0 Å². The Hall–Kier alpha value is -2.41. The molecule has 2 amide bonds. The molecule has 2 aromatic carbocycles. The zero-order chi connectivity index (χ0) is 20.8. The fraction of sp³-hybridized carbons (Fsp3) is 0.364. The number of amides is 2. The van der Waals surface area contributed by atoms with Gasteiger partial charge in [0.1, 0.15) is 0 Å². The number of carbonyl (C=O) groups is 2. The molecule has 6 nitrogen and oxygen atoms in total. The standard InChI is InChI=1S/C22H24ClN3O3/c1-3-25(4-2)9-10-26-18-12-15(20(24)27)11-17(23)19(18)22(21(26)28)16-8-6-5-7-14(16)13-29-22/h5-8,11-12H,3-4,9-10,13H2,1-2H3,(H2,24,27). The van der Waals surface area contributed by atoms with E-state index in [1.807, 2.05) is 24.3 Å². The van der Waals surface area contributed by atoms with E-state index in [-0.39, 0.29) is 11.5 Å². The van der Waals surface area contributed by atoms with E-state index >= 15 is 0 Å². The molecule has 0 aromatic heterocycles. The largest absolute Gasteiger partial charge is 0.366 e. The van der Waals surface area contributed by atoms with Crippen LogP contribution in [0.5, 0.6) is 0 Å². The predicted molar refractivity (Wildman–Crippen MR) is 112 cm³/mol. The first kappa shape index (κ1) is 19.9. The van der Waals surface area contributed by atoms with E-state index in [2.05, 4.69) is 18.7 Å². The Bertz CT molecular complexity index is 989. The van der Waals surface area contributed by atoms with Crippen LogP contribution >= 0.6 is 11.6 Å². The van der Waals surface area contributed by atoms with Crippen molar-refractivity contribution in [2.24, 2.45) is 5.73 Å². The van der Waals surface area contributed by atoms with E-state index in [1.54, 1.807) is 11.0 Å². The third-order valence-electron chi connectivity index (χ3n) is 5.92. The molecule has 1 atom stereocenters. The minimum Gasteiger partial charge on any atom is -0.366 e. The van der Waals surface area contributed by atoms with E-state index in [0.717, 1.165) is 24.2 Å². The molecule has 2 heterocycles. The number of primary amides is 1. The maximum atomic E-state index is 13.8. The summed E-state index contributed by atoms with van der Waals surface area (Å²) in [5.74, 6) is -0.757. The molecule has 2 aromatic rings. The lowest BCUT2D eigenvalue weighted by molar-refractivity contribution is -0.136. The van der Waals surface area contributed by atoms with E-state index in [0.29, 0.717) is 36.0 Å². The second-order valence-electron chi connectivity index (χ2n) is 7.33. The number of ether oxygens (including phenoxy) is 1. The molecule has 29 heavy (non-hydrogen) atoms. The molecular weight excluding hydrogens is 390 g/mol.